The lowest BCUT2D eigenvalue weighted by molar-refractivity contribution is 0.299. The molecule has 0 unspecified atom stereocenters. The molecule has 0 bridgehead atoms. The normalized spacial score (nSPS) is 10.8. The fraction of sp³-hybridized carbons (Fsp3) is 0.353. The summed E-state index contributed by atoms with van der Waals surface area (Å²) in [5, 5.41) is 1.11. The summed E-state index contributed by atoms with van der Waals surface area (Å²) in [4.78, 5) is 15.1. The van der Waals surface area contributed by atoms with Gasteiger partial charge in [-0.2, -0.15) is 0 Å². The van der Waals surface area contributed by atoms with E-state index in [0.29, 0.717) is 12.4 Å². The lowest BCUT2D eigenvalue weighted by Gasteiger charge is -2.12. The monoisotopic (exact) mass is 271 g/mol. The number of rotatable bonds is 5. The maximum Gasteiger partial charge on any atom is 0.251 e. The van der Waals surface area contributed by atoms with Gasteiger partial charge < -0.3 is 9.72 Å². The Balaban J connectivity index is 2.65. The van der Waals surface area contributed by atoms with E-state index < -0.39 is 0 Å². The SMILES string of the molecule is C=C(OCC)c1ccc2c(CC)c(CC)c(=O)[nH]c2c1. The van der Waals surface area contributed by atoms with E-state index in [0.717, 1.165) is 40.4 Å². The number of hydrogen-bond donors (Lipinski definition) is 1. The third-order valence-corrected chi connectivity index (χ3v) is 3.58. The summed E-state index contributed by atoms with van der Waals surface area (Å²) >= 11 is 0. The molecule has 106 valence electrons. The minimum atomic E-state index is 0.0102. The van der Waals surface area contributed by atoms with Gasteiger partial charge in [0.2, 0.25) is 0 Å². The van der Waals surface area contributed by atoms with Crippen LogP contribution < -0.4 is 5.56 Å². The molecule has 1 aromatic heterocycles. The molecule has 0 fully saturated rings. The summed E-state index contributed by atoms with van der Waals surface area (Å²) in [6.45, 7) is 10.5. The number of benzene rings is 1. The van der Waals surface area contributed by atoms with Gasteiger partial charge in [-0.3, -0.25) is 4.79 Å². The molecular formula is C17H21NO2. The number of pyridine rings is 1. The van der Waals surface area contributed by atoms with Crippen LogP contribution >= 0.6 is 0 Å². The van der Waals surface area contributed by atoms with E-state index in [-0.39, 0.29) is 5.56 Å². The Labute approximate surface area is 119 Å². The van der Waals surface area contributed by atoms with Crippen LogP contribution in [0.4, 0.5) is 0 Å². The first-order chi connectivity index (χ1) is 9.62. The highest BCUT2D eigenvalue weighted by Gasteiger charge is 2.11. The second kappa shape index (κ2) is 5.95. The Morgan fingerprint density at radius 2 is 1.90 bits per heavy atom. The summed E-state index contributed by atoms with van der Waals surface area (Å²) < 4.78 is 5.42. The maximum atomic E-state index is 12.1. The molecule has 0 amide bonds. The van der Waals surface area contributed by atoms with Crippen molar-refractivity contribution in [1.82, 2.24) is 4.98 Å². The molecule has 0 spiro atoms. The zero-order valence-corrected chi connectivity index (χ0v) is 12.4. The van der Waals surface area contributed by atoms with Gasteiger partial charge in [-0.25, -0.2) is 0 Å². The highest BCUT2D eigenvalue weighted by Crippen LogP contribution is 2.23. The van der Waals surface area contributed by atoms with Crippen molar-refractivity contribution in [1.29, 1.82) is 0 Å². The predicted octanol–water partition coefficient (Wildman–Crippen LogP) is 3.66. The van der Waals surface area contributed by atoms with Gasteiger partial charge in [0, 0.05) is 22.0 Å². The van der Waals surface area contributed by atoms with Gasteiger partial charge in [0.25, 0.3) is 5.56 Å². The van der Waals surface area contributed by atoms with Crippen LogP contribution in [0.3, 0.4) is 0 Å². The Hall–Kier alpha value is -2.03. The quantitative estimate of drug-likeness (QED) is 0.843. The topological polar surface area (TPSA) is 42.1 Å². The molecule has 1 aromatic carbocycles. The first-order valence-electron chi connectivity index (χ1n) is 7.12. The number of aromatic amines is 1. The molecule has 0 radical (unpaired) electrons. The molecule has 0 aliphatic carbocycles. The minimum Gasteiger partial charge on any atom is -0.494 e. The van der Waals surface area contributed by atoms with E-state index in [1.807, 2.05) is 32.0 Å². The molecule has 3 heteroatoms. The van der Waals surface area contributed by atoms with Crippen molar-refractivity contribution in [2.75, 3.05) is 6.61 Å². The molecule has 0 aliphatic heterocycles. The molecule has 2 rings (SSSR count). The lowest BCUT2D eigenvalue weighted by Crippen LogP contribution is -2.15. The van der Waals surface area contributed by atoms with Crippen LogP contribution in [-0.2, 0) is 17.6 Å². The van der Waals surface area contributed by atoms with Crippen molar-refractivity contribution in [2.24, 2.45) is 0 Å². The Bertz CT molecular complexity index is 698. The van der Waals surface area contributed by atoms with Gasteiger partial charge in [-0.05, 0) is 31.4 Å². The number of ether oxygens (including phenoxy) is 1. The molecule has 0 aliphatic rings. The van der Waals surface area contributed by atoms with Gasteiger partial charge in [0.15, 0.2) is 0 Å². The van der Waals surface area contributed by atoms with Crippen LogP contribution in [0.2, 0.25) is 0 Å². The van der Waals surface area contributed by atoms with E-state index in [1.54, 1.807) is 0 Å². The molecule has 0 saturated heterocycles. The zero-order chi connectivity index (χ0) is 14.7. The summed E-state index contributed by atoms with van der Waals surface area (Å²) in [5.41, 5.74) is 3.79. The second-order valence-corrected chi connectivity index (χ2v) is 4.73. The Morgan fingerprint density at radius 3 is 2.50 bits per heavy atom. The average molecular weight is 271 g/mol. The third kappa shape index (κ3) is 2.48. The van der Waals surface area contributed by atoms with E-state index in [2.05, 4.69) is 18.5 Å². The summed E-state index contributed by atoms with van der Waals surface area (Å²) in [6, 6.07) is 5.98. The van der Waals surface area contributed by atoms with Gasteiger partial charge in [-0.15, -0.1) is 0 Å². The number of hydrogen-bond acceptors (Lipinski definition) is 2. The Morgan fingerprint density at radius 1 is 1.20 bits per heavy atom. The first kappa shape index (κ1) is 14.4. The minimum absolute atomic E-state index is 0.0102. The smallest absolute Gasteiger partial charge is 0.251 e. The van der Waals surface area contributed by atoms with Gasteiger partial charge in [0.05, 0.1) is 6.61 Å². The van der Waals surface area contributed by atoms with Crippen molar-refractivity contribution in [3.63, 3.8) is 0 Å². The molecular weight excluding hydrogens is 250 g/mol. The first-order valence-corrected chi connectivity index (χ1v) is 7.12. The predicted molar refractivity (Wildman–Crippen MR) is 84.0 cm³/mol. The summed E-state index contributed by atoms with van der Waals surface area (Å²) in [6.07, 6.45) is 1.61. The van der Waals surface area contributed by atoms with Crippen molar-refractivity contribution in [3.05, 3.63) is 51.8 Å². The average Bonchev–Trinajstić information content (AvgIpc) is 2.45. The molecule has 0 saturated carbocycles. The largest absolute Gasteiger partial charge is 0.494 e. The third-order valence-electron chi connectivity index (χ3n) is 3.58. The van der Waals surface area contributed by atoms with E-state index in [1.165, 1.54) is 0 Å². The van der Waals surface area contributed by atoms with Gasteiger partial charge in [0.1, 0.15) is 5.76 Å². The standard InChI is InChI=1S/C17H21NO2/c1-5-13-14(6-2)17(19)18-16-10-12(8-9-15(13)16)11(4)20-7-3/h8-10H,4-7H2,1-3H3,(H,18,19). The number of fused-ring (bicyclic) bond motifs is 1. The van der Waals surface area contributed by atoms with Crippen molar-refractivity contribution >= 4 is 16.7 Å². The highest BCUT2D eigenvalue weighted by atomic mass is 16.5. The molecule has 0 atom stereocenters. The van der Waals surface area contributed by atoms with Crippen LogP contribution in [0.15, 0.2) is 29.6 Å². The van der Waals surface area contributed by atoms with Crippen LogP contribution in [0.1, 0.15) is 37.5 Å². The van der Waals surface area contributed by atoms with Crippen LogP contribution in [-0.4, -0.2) is 11.6 Å². The van der Waals surface area contributed by atoms with Crippen LogP contribution in [0, 0.1) is 0 Å². The number of H-pyrrole nitrogens is 1. The highest BCUT2D eigenvalue weighted by molar-refractivity contribution is 5.85. The lowest BCUT2D eigenvalue weighted by atomic mass is 9.98. The second-order valence-electron chi connectivity index (χ2n) is 4.73. The fourth-order valence-corrected chi connectivity index (χ4v) is 2.62. The zero-order valence-electron chi connectivity index (χ0n) is 12.4. The van der Waals surface area contributed by atoms with Crippen molar-refractivity contribution in [3.8, 4) is 0 Å². The van der Waals surface area contributed by atoms with Crippen molar-refractivity contribution < 1.29 is 4.74 Å². The van der Waals surface area contributed by atoms with Gasteiger partial charge >= 0.3 is 0 Å². The number of aryl methyl sites for hydroxylation is 1. The Kier molecular flexibility index (Phi) is 4.28. The van der Waals surface area contributed by atoms with E-state index in [4.69, 9.17) is 4.74 Å². The molecule has 1 heterocycles. The molecule has 2 aromatic rings. The number of nitrogens with one attached hydrogen (secondary N) is 1. The number of aromatic nitrogens is 1. The molecule has 3 nitrogen and oxygen atoms in total. The molecule has 20 heavy (non-hydrogen) atoms. The summed E-state index contributed by atoms with van der Waals surface area (Å²) in [5.74, 6) is 0.632. The maximum absolute atomic E-state index is 12.1. The fourth-order valence-electron chi connectivity index (χ4n) is 2.62. The summed E-state index contributed by atoms with van der Waals surface area (Å²) in [7, 11) is 0. The van der Waals surface area contributed by atoms with Crippen LogP contribution in [0.5, 0.6) is 0 Å². The van der Waals surface area contributed by atoms with Gasteiger partial charge in [-0.1, -0.05) is 32.6 Å². The van der Waals surface area contributed by atoms with Crippen molar-refractivity contribution in [2.45, 2.75) is 33.6 Å². The van der Waals surface area contributed by atoms with E-state index >= 15 is 0 Å². The van der Waals surface area contributed by atoms with Crippen LogP contribution in [0.25, 0.3) is 16.7 Å². The van der Waals surface area contributed by atoms with E-state index in [9.17, 15) is 4.79 Å². The molecule has 1 N–H and O–H groups in total.